The van der Waals surface area contributed by atoms with E-state index in [1.165, 1.54) is 0 Å². The van der Waals surface area contributed by atoms with Gasteiger partial charge in [0.25, 0.3) is 0 Å². The molecule has 1 amide bonds. The zero-order valence-electron chi connectivity index (χ0n) is 17.1. The first kappa shape index (κ1) is 24.5. The van der Waals surface area contributed by atoms with Gasteiger partial charge < -0.3 is 10.6 Å². The summed E-state index contributed by atoms with van der Waals surface area (Å²) in [5.74, 6) is -0.413. The minimum atomic E-state index is -3.62. The molecule has 0 saturated heterocycles. The summed E-state index contributed by atoms with van der Waals surface area (Å²) in [5.41, 5.74) is 2.25. The van der Waals surface area contributed by atoms with Gasteiger partial charge in [-0.1, -0.05) is 40.9 Å². The minimum absolute atomic E-state index is 0.00690. The monoisotopic (exact) mass is 514 g/mol. The van der Waals surface area contributed by atoms with Crippen LogP contribution >= 0.6 is 34.8 Å². The number of pyridine rings is 1. The number of sulfonamides is 1. The van der Waals surface area contributed by atoms with Crippen LogP contribution < -0.4 is 10.6 Å². The van der Waals surface area contributed by atoms with Crippen molar-refractivity contribution in [1.82, 2.24) is 14.6 Å². The summed E-state index contributed by atoms with van der Waals surface area (Å²) in [5, 5.41) is 8.17. The van der Waals surface area contributed by atoms with Crippen LogP contribution in [0.2, 0.25) is 15.1 Å². The van der Waals surface area contributed by atoms with Gasteiger partial charge in [-0.25, -0.2) is 8.42 Å². The third-order valence-electron chi connectivity index (χ3n) is 4.60. The number of carbonyl (C=O) groups excluding carboxylic acids is 1. The van der Waals surface area contributed by atoms with E-state index >= 15 is 0 Å². The number of benzene rings is 2. The molecule has 0 aliphatic heterocycles. The minimum Gasteiger partial charge on any atom is -0.383 e. The van der Waals surface area contributed by atoms with Crippen molar-refractivity contribution in [2.24, 2.45) is 0 Å². The van der Waals surface area contributed by atoms with E-state index < -0.39 is 15.9 Å². The van der Waals surface area contributed by atoms with Crippen molar-refractivity contribution in [2.45, 2.75) is 6.54 Å². The lowest BCUT2D eigenvalue weighted by molar-refractivity contribution is -0.121. The van der Waals surface area contributed by atoms with Gasteiger partial charge in [0.2, 0.25) is 15.9 Å². The highest BCUT2D eigenvalue weighted by molar-refractivity contribution is 7.88. The van der Waals surface area contributed by atoms with Crippen molar-refractivity contribution in [3.05, 3.63) is 69.3 Å². The molecule has 0 aliphatic carbocycles. The molecule has 0 unspecified atom stereocenters. The Morgan fingerprint density at radius 3 is 2.53 bits per heavy atom. The standard InChI is InChI=1S/C21H21Cl3N4O3S/c1-32(30,31)28(12-14-2-5-17(23)18(24)10-14)13-21(29)27-9-8-26-19-6-7-25-20-11-15(22)3-4-16(19)20/h2-7,10-11H,8-9,12-13H2,1H3,(H,25,26)(H,27,29). The van der Waals surface area contributed by atoms with Gasteiger partial charge in [0, 0.05) is 41.9 Å². The predicted molar refractivity (Wildman–Crippen MR) is 130 cm³/mol. The fourth-order valence-electron chi connectivity index (χ4n) is 3.02. The zero-order chi connectivity index (χ0) is 23.3. The first-order chi connectivity index (χ1) is 15.1. The Labute approximate surface area is 201 Å². The molecule has 0 radical (unpaired) electrons. The van der Waals surface area contributed by atoms with Crippen LogP contribution in [0.25, 0.3) is 10.9 Å². The lowest BCUT2D eigenvalue weighted by Gasteiger charge is -2.20. The van der Waals surface area contributed by atoms with Crippen LogP contribution in [0.5, 0.6) is 0 Å². The van der Waals surface area contributed by atoms with E-state index in [-0.39, 0.29) is 13.1 Å². The molecule has 170 valence electrons. The van der Waals surface area contributed by atoms with E-state index in [1.54, 1.807) is 36.5 Å². The molecule has 3 rings (SSSR count). The Morgan fingerprint density at radius 2 is 1.81 bits per heavy atom. The summed E-state index contributed by atoms with van der Waals surface area (Å²) in [7, 11) is -3.62. The fraction of sp³-hybridized carbons (Fsp3) is 0.238. The Balaban J connectivity index is 1.55. The van der Waals surface area contributed by atoms with Gasteiger partial charge in [-0.05, 0) is 42.0 Å². The molecule has 11 heteroatoms. The van der Waals surface area contributed by atoms with Crippen molar-refractivity contribution in [3.63, 3.8) is 0 Å². The molecule has 0 bridgehead atoms. The quantitative estimate of drug-likeness (QED) is 0.417. The smallest absolute Gasteiger partial charge is 0.235 e. The number of hydrogen-bond acceptors (Lipinski definition) is 5. The summed E-state index contributed by atoms with van der Waals surface area (Å²) in [4.78, 5) is 16.6. The predicted octanol–water partition coefficient (Wildman–Crippen LogP) is 4.18. The molecular formula is C21H21Cl3N4O3S. The van der Waals surface area contributed by atoms with Crippen molar-refractivity contribution in [1.29, 1.82) is 0 Å². The number of nitrogens with one attached hydrogen (secondary N) is 2. The van der Waals surface area contributed by atoms with Gasteiger partial charge in [0.1, 0.15) is 0 Å². The van der Waals surface area contributed by atoms with Crippen LogP contribution in [0.1, 0.15) is 5.56 Å². The normalized spacial score (nSPS) is 11.7. The van der Waals surface area contributed by atoms with Crippen LogP contribution in [0.4, 0.5) is 5.69 Å². The molecular weight excluding hydrogens is 495 g/mol. The van der Waals surface area contributed by atoms with Crippen LogP contribution in [-0.4, -0.2) is 49.5 Å². The van der Waals surface area contributed by atoms with Crippen LogP contribution in [0.15, 0.2) is 48.7 Å². The van der Waals surface area contributed by atoms with Gasteiger partial charge in [0.05, 0.1) is 28.4 Å². The molecule has 32 heavy (non-hydrogen) atoms. The number of anilines is 1. The fourth-order valence-corrected chi connectivity index (χ4v) is 4.24. The topological polar surface area (TPSA) is 91.4 Å². The summed E-state index contributed by atoms with van der Waals surface area (Å²) in [6.07, 6.45) is 2.73. The largest absolute Gasteiger partial charge is 0.383 e. The van der Waals surface area contributed by atoms with Crippen LogP contribution in [-0.2, 0) is 21.4 Å². The third kappa shape index (κ3) is 6.70. The van der Waals surface area contributed by atoms with Crippen molar-refractivity contribution < 1.29 is 13.2 Å². The number of fused-ring (bicyclic) bond motifs is 1. The molecule has 0 fully saturated rings. The molecule has 2 aromatic carbocycles. The van der Waals surface area contributed by atoms with Crippen molar-refractivity contribution >= 4 is 67.3 Å². The average molecular weight is 516 g/mol. The maximum atomic E-state index is 12.4. The van der Waals surface area contributed by atoms with E-state index in [0.29, 0.717) is 33.7 Å². The number of nitrogens with zero attached hydrogens (tertiary/aromatic N) is 2. The second-order valence-corrected chi connectivity index (χ2v) is 10.3. The van der Waals surface area contributed by atoms with Crippen molar-refractivity contribution in [2.75, 3.05) is 31.2 Å². The Hall–Kier alpha value is -2.10. The summed E-state index contributed by atoms with van der Waals surface area (Å²) in [6.45, 7) is 0.447. The molecule has 0 atom stereocenters. The highest BCUT2D eigenvalue weighted by Gasteiger charge is 2.20. The lowest BCUT2D eigenvalue weighted by Crippen LogP contribution is -2.41. The molecule has 0 spiro atoms. The molecule has 0 saturated carbocycles. The van der Waals surface area contributed by atoms with E-state index in [1.807, 2.05) is 12.1 Å². The Bertz CT molecular complexity index is 1240. The van der Waals surface area contributed by atoms with Gasteiger partial charge in [-0.15, -0.1) is 0 Å². The SMILES string of the molecule is CS(=O)(=O)N(CC(=O)NCCNc1ccnc2cc(Cl)ccc12)Cc1ccc(Cl)c(Cl)c1. The van der Waals surface area contributed by atoms with Gasteiger partial charge in [0.15, 0.2) is 0 Å². The summed E-state index contributed by atoms with van der Waals surface area (Å²) >= 11 is 17.9. The molecule has 0 aliphatic rings. The maximum Gasteiger partial charge on any atom is 0.235 e. The average Bonchev–Trinajstić information content (AvgIpc) is 2.72. The molecule has 1 heterocycles. The number of carbonyl (C=O) groups is 1. The molecule has 1 aromatic heterocycles. The first-order valence-corrected chi connectivity index (χ1v) is 12.6. The third-order valence-corrected chi connectivity index (χ3v) is 6.77. The summed E-state index contributed by atoms with van der Waals surface area (Å²) < 4.78 is 25.4. The number of aromatic nitrogens is 1. The molecule has 3 aromatic rings. The second-order valence-electron chi connectivity index (χ2n) is 7.08. The van der Waals surface area contributed by atoms with Crippen LogP contribution in [0.3, 0.4) is 0 Å². The first-order valence-electron chi connectivity index (χ1n) is 9.57. The highest BCUT2D eigenvalue weighted by atomic mass is 35.5. The van der Waals surface area contributed by atoms with E-state index in [2.05, 4.69) is 15.6 Å². The molecule has 7 nitrogen and oxygen atoms in total. The van der Waals surface area contributed by atoms with Crippen LogP contribution in [0, 0.1) is 0 Å². The zero-order valence-corrected chi connectivity index (χ0v) is 20.2. The molecule has 2 N–H and O–H groups in total. The second kappa shape index (κ2) is 10.7. The number of hydrogen-bond donors (Lipinski definition) is 2. The van der Waals surface area contributed by atoms with E-state index in [0.717, 1.165) is 27.2 Å². The van der Waals surface area contributed by atoms with E-state index in [4.69, 9.17) is 34.8 Å². The van der Waals surface area contributed by atoms with Gasteiger partial charge in [-0.3, -0.25) is 9.78 Å². The Morgan fingerprint density at radius 1 is 1.03 bits per heavy atom. The number of rotatable bonds is 9. The highest BCUT2D eigenvalue weighted by Crippen LogP contribution is 2.25. The van der Waals surface area contributed by atoms with Crippen molar-refractivity contribution in [3.8, 4) is 0 Å². The van der Waals surface area contributed by atoms with Gasteiger partial charge in [-0.2, -0.15) is 4.31 Å². The number of halogens is 3. The lowest BCUT2D eigenvalue weighted by atomic mass is 10.2. The maximum absolute atomic E-state index is 12.4. The number of amides is 1. The van der Waals surface area contributed by atoms with E-state index in [9.17, 15) is 13.2 Å². The Kier molecular flexibility index (Phi) is 8.19. The summed E-state index contributed by atoms with van der Waals surface area (Å²) in [6, 6.07) is 12.1. The van der Waals surface area contributed by atoms with Gasteiger partial charge >= 0.3 is 0 Å².